The van der Waals surface area contributed by atoms with Crippen LogP contribution in [0.4, 0.5) is 0 Å². The Kier molecular flexibility index (Phi) is 4.68. The summed E-state index contributed by atoms with van der Waals surface area (Å²) >= 11 is 3.45. The quantitative estimate of drug-likeness (QED) is 0.442. The lowest BCUT2D eigenvalue weighted by atomic mass is 10.1. The molecule has 134 valence electrons. The summed E-state index contributed by atoms with van der Waals surface area (Å²) in [6.45, 7) is 1.73. The van der Waals surface area contributed by atoms with E-state index in [1.54, 1.807) is 6.07 Å². The normalized spacial score (nSPS) is 10.9. The highest BCUT2D eigenvalue weighted by Crippen LogP contribution is 2.27. The number of pyridine rings is 1. The number of aromatic nitrogens is 3. The van der Waals surface area contributed by atoms with Crippen LogP contribution >= 0.6 is 15.9 Å². The summed E-state index contributed by atoms with van der Waals surface area (Å²) in [4.78, 5) is 17.0. The molecule has 6 nitrogen and oxygen atoms in total. The number of benzene rings is 2. The minimum atomic E-state index is -0.461. The highest BCUT2D eigenvalue weighted by Gasteiger charge is 2.16. The SMILES string of the molecule is Cc1cc(C(=O)OCc2nnc(-c3ccccc3Br)o2)c2ccccc2n1. The van der Waals surface area contributed by atoms with Crippen molar-refractivity contribution in [1.82, 2.24) is 15.2 Å². The summed E-state index contributed by atoms with van der Waals surface area (Å²) in [6, 6.07) is 16.7. The monoisotopic (exact) mass is 423 g/mol. The van der Waals surface area contributed by atoms with Gasteiger partial charge in [0.15, 0.2) is 6.61 Å². The Morgan fingerprint density at radius 3 is 2.74 bits per heavy atom. The van der Waals surface area contributed by atoms with Gasteiger partial charge >= 0.3 is 5.97 Å². The first kappa shape index (κ1) is 17.4. The van der Waals surface area contributed by atoms with Crippen LogP contribution in [0.3, 0.4) is 0 Å². The number of para-hydroxylation sites is 1. The molecule has 0 saturated carbocycles. The van der Waals surface area contributed by atoms with Gasteiger partial charge in [-0.3, -0.25) is 4.98 Å². The molecule has 0 aliphatic heterocycles. The summed E-state index contributed by atoms with van der Waals surface area (Å²) in [5.41, 5.74) is 2.73. The molecule has 0 aliphatic rings. The molecule has 0 radical (unpaired) electrons. The molecule has 4 rings (SSSR count). The van der Waals surface area contributed by atoms with Gasteiger partial charge < -0.3 is 9.15 Å². The maximum absolute atomic E-state index is 12.6. The predicted molar refractivity (Wildman–Crippen MR) is 103 cm³/mol. The molecule has 2 aromatic carbocycles. The average Bonchev–Trinajstić information content (AvgIpc) is 3.14. The van der Waals surface area contributed by atoms with Crippen LogP contribution in [0.25, 0.3) is 22.4 Å². The van der Waals surface area contributed by atoms with Crippen molar-refractivity contribution >= 4 is 32.8 Å². The van der Waals surface area contributed by atoms with Crippen LogP contribution in [0.1, 0.15) is 21.9 Å². The number of rotatable bonds is 4. The van der Waals surface area contributed by atoms with Crippen molar-refractivity contribution in [3.8, 4) is 11.5 Å². The van der Waals surface area contributed by atoms with Crippen LogP contribution in [0, 0.1) is 6.92 Å². The maximum atomic E-state index is 12.6. The minimum absolute atomic E-state index is 0.105. The fraction of sp³-hybridized carbons (Fsp3) is 0.100. The smallest absolute Gasteiger partial charge is 0.339 e. The van der Waals surface area contributed by atoms with Gasteiger partial charge in [0, 0.05) is 15.6 Å². The van der Waals surface area contributed by atoms with Crippen molar-refractivity contribution in [1.29, 1.82) is 0 Å². The van der Waals surface area contributed by atoms with Crippen molar-refractivity contribution in [2.75, 3.05) is 0 Å². The van der Waals surface area contributed by atoms with Gasteiger partial charge in [0.05, 0.1) is 16.6 Å². The van der Waals surface area contributed by atoms with Gasteiger partial charge in [-0.1, -0.05) is 30.3 Å². The molecule has 0 N–H and O–H groups in total. The van der Waals surface area contributed by atoms with E-state index in [-0.39, 0.29) is 12.5 Å². The molecule has 0 bridgehead atoms. The second-order valence-electron chi connectivity index (χ2n) is 5.89. The van der Waals surface area contributed by atoms with Gasteiger partial charge in [-0.2, -0.15) is 0 Å². The Bertz CT molecular complexity index is 1140. The van der Waals surface area contributed by atoms with Gasteiger partial charge in [0.25, 0.3) is 5.89 Å². The Morgan fingerprint density at radius 1 is 1.11 bits per heavy atom. The first-order chi connectivity index (χ1) is 13.1. The number of hydrogen-bond acceptors (Lipinski definition) is 6. The second kappa shape index (κ2) is 7.28. The Morgan fingerprint density at radius 2 is 1.89 bits per heavy atom. The Labute approximate surface area is 163 Å². The molecule has 0 saturated heterocycles. The number of ether oxygens (including phenoxy) is 1. The van der Waals surface area contributed by atoms with Gasteiger partial charge in [0.1, 0.15) is 0 Å². The molecule has 0 aliphatic carbocycles. The second-order valence-corrected chi connectivity index (χ2v) is 6.74. The fourth-order valence-corrected chi connectivity index (χ4v) is 3.19. The largest absolute Gasteiger partial charge is 0.452 e. The predicted octanol–water partition coefficient (Wildman–Crippen LogP) is 4.71. The summed E-state index contributed by atoms with van der Waals surface area (Å²) in [5, 5.41) is 8.71. The van der Waals surface area contributed by atoms with E-state index in [0.717, 1.165) is 26.6 Å². The van der Waals surface area contributed by atoms with Crippen LogP contribution < -0.4 is 0 Å². The number of aryl methyl sites for hydroxylation is 1. The average molecular weight is 424 g/mol. The van der Waals surface area contributed by atoms with E-state index >= 15 is 0 Å². The molecule has 27 heavy (non-hydrogen) atoms. The third-order valence-electron chi connectivity index (χ3n) is 3.96. The third kappa shape index (κ3) is 3.59. The topological polar surface area (TPSA) is 78.1 Å². The number of nitrogens with zero attached hydrogens (tertiary/aromatic N) is 3. The van der Waals surface area contributed by atoms with Crippen molar-refractivity contribution in [3.05, 3.63) is 76.2 Å². The van der Waals surface area contributed by atoms with Crippen LogP contribution in [0.15, 0.2) is 63.5 Å². The van der Waals surface area contributed by atoms with E-state index in [4.69, 9.17) is 9.15 Å². The van der Waals surface area contributed by atoms with Crippen LogP contribution in [-0.4, -0.2) is 21.2 Å². The summed E-state index contributed by atoms with van der Waals surface area (Å²) in [5.74, 6) is 0.125. The molecular weight excluding hydrogens is 410 g/mol. The van der Waals surface area contributed by atoms with E-state index in [0.29, 0.717) is 11.5 Å². The summed E-state index contributed by atoms with van der Waals surface area (Å²) in [7, 11) is 0. The van der Waals surface area contributed by atoms with E-state index in [1.807, 2.05) is 55.5 Å². The number of esters is 1. The lowest BCUT2D eigenvalue weighted by molar-refractivity contribution is 0.0441. The van der Waals surface area contributed by atoms with Gasteiger partial charge in [-0.05, 0) is 47.1 Å². The van der Waals surface area contributed by atoms with Crippen molar-refractivity contribution < 1.29 is 13.9 Å². The Balaban J connectivity index is 1.53. The standard InChI is InChI=1S/C20H14BrN3O3/c1-12-10-15(13-6-3-5-9-17(13)22-12)20(25)26-11-18-23-24-19(27-18)14-7-2-4-8-16(14)21/h2-10H,11H2,1H3. The molecule has 2 heterocycles. The molecule has 7 heteroatoms. The fourth-order valence-electron chi connectivity index (χ4n) is 2.74. The first-order valence-electron chi connectivity index (χ1n) is 8.22. The van der Waals surface area contributed by atoms with Crippen LogP contribution in [0.2, 0.25) is 0 Å². The van der Waals surface area contributed by atoms with Crippen molar-refractivity contribution in [2.45, 2.75) is 13.5 Å². The number of hydrogen-bond donors (Lipinski definition) is 0. The highest BCUT2D eigenvalue weighted by molar-refractivity contribution is 9.10. The number of carbonyl (C=O) groups is 1. The lowest BCUT2D eigenvalue weighted by Gasteiger charge is -2.07. The van der Waals surface area contributed by atoms with Gasteiger partial charge in [0.2, 0.25) is 5.89 Å². The van der Waals surface area contributed by atoms with E-state index < -0.39 is 5.97 Å². The van der Waals surface area contributed by atoms with E-state index in [2.05, 4.69) is 31.1 Å². The lowest BCUT2D eigenvalue weighted by Crippen LogP contribution is -2.07. The number of fused-ring (bicyclic) bond motifs is 1. The van der Waals surface area contributed by atoms with Gasteiger partial charge in [-0.15, -0.1) is 10.2 Å². The highest BCUT2D eigenvalue weighted by atomic mass is 79.9. The molecule has 0 spiro atoms. The number of halogens is 1. The van der Waals surface area contributed by atoms with E-state index in [1.165, 1.54) is 0 Å². The zero-order valence-electron chi connectivity index (χ0n) is 14.3. The molecule has 4 aromatic rings. The summed E-state index contributed by atoms with van der Waals surface area (Å²) < 4.78 is 11.8. The van der Waals surface area contributed by atoms with Crippen LogP contribution in [-0.2, 0) is 11.3 Å². The molecule has 2 aromatic heterocycles. The molecule has 0 atom stereocenters. The zero-order chi connectivity index (χ0) is 18.8. The summed E-state index contributed by atoms with van der Waals surface area (Å²) in [6.07, 6.45) is 0. The molecule has 0 amide bonds. The number of carbonyl (C=O) groups excluding carboxylic acids is 1. The minimum Gasteiger partial charge on any atom is -0.452 e. The molecule has 0 unspecified atom stereocenters. The van der Waals surface area contributed by atoms with Crippen LogP contribution in [0.5, 0.6) is 0 Å². The Hall–Kier alpha value is -3.06. The van der Waals surface area contributed by atoms with Gasteiger partial charge in [-0.25, -0.2) is 4.79 Å². The zero-order valence-corrected chi connectivity index (χ0v) is 15.9. The maximum Gasteiger partial charge on any atom is 0.339 e. The van der Waals surface area contributed by atoms with Crippen molar-refractivity contribution in [2.24, 2.45) is 0 Å². The van der Waals surface area contributed by atoms with Crippen molar-refractivity contribution in [3.63, 3.8) is 0 Å². The molecular formula is C20H14BrN3O3. The van der Waals surface area contributed by atoms with E-state index in [9.17, 15) is 4.79 Å². The molecule has 0 fully saturated rings. The first-order valence-corrected chi connectivity index (χ1v) is 9.02. The third-order valence-corrected chi connectivity index (χ3v) is 4.65.